The summed E-state index contributed by atoms with van der Waals surface area (Å²) < 4.78 is 13.4. The molecule has 17 heavy (non-hydrogen) atoms. The zero-order chi connectivity index (χ0) is 13.1. The molecule has 2 atom stereocenters. The van der Waals surface area contributed by atoms with E-state index in [1.165, 1.54) is 6.92 Å². The maximum atomic E-state index is 10.8. The third kappa shape index (κ3) is 5.29. The Morgan fingerprint density at radius 3 is 2.59 bits per heavy atom. The van der Waals surface area contributed by atoms with Crippen molar-refractivity contribution in [3.63, 3.8) is 0 Å². The van der Waals surface area contributed by atoms with Crippen molar-refractivity contribution in [1.29, 1.82) is 5.41 Å². The summed E-state index contributed by atoms with van der Waals surface area (Å²) in [5.74, 6) is -0.886. The summed E-state index contributed by atoms with van der Waals surface area (Å²) >= 11 is 16.4. The number of rotatable bonds is 2. The van der Waals surface area contributed by atoms with Crippen LogP contribution in [0.3, 0.4) is 0 Å². The van der Waals surface area contributed by atoms with Gasteiger partial charge in [0.05, 0.1) is 6.61 Å². The number of carbonyl (C=O) groups is 1. The molecule has 0 spiro atoms. The van der Waals surface area contributed by atoms with E-state index in [4.69, 9.17) is 54.4 Å². The first-order valence-electron chi connectivity index (χ1n) is 4.90. The predicted octanol–water partition coefficient (Wildman–Crippen LogP) is 2.42. The first-order valence-corrected chi connectivity index (χ1v) is 6.03. The third-order valence-corrected chi connectivity index (χ3v) is 2.55. The molecule has 0 aromatic rings. The van der Waals surface area contributed by atoms with Crippen LogP contribution in [-0.4, -0.2) is 34.7 Å². The van der Waals surface area contributed by atoms with Gasteiger partial charge in [0.15, 0.2) is 0 Å². The average Bonchev–Trinajstić information content (AvgIpc) is 2.15. The second kappa shape index (κ2) is 6.09. The Bertz CT molecular complexity index is 305. The molecule has 8 heteroatoms. The van der Waals surface area contributed by atoms with E-state index in [0.29, 0.717) is 19.4 Å². The zero-order valence-electron chi connectivity index (χ0n) is 9.04. The van der Waals surface area contributed by atoms with Crippen LogP contribution in [0.4, 0.5) is 0 Å². The molecule has 1 unspecified atom stereocenters. The molecule has 0 aromatic carbocycles. The van der Waals surface area contributed by atoms with Crippen molar-refractivity contribution in [2.45, 2.75) is 36.0 Å². The quantitative estimate of drug-likeness (QED) is 0.368. The molecular formula is C9H12Cl3NO4. The fourth-order valence-electron chi connectivity index (χ4n) is 1.35. The summed E-state index contributed by atoms with van der Waals surface area (Å²) in [4.78, 5) is 10.8. The Balaban J connectivity index is 2.45. The van der Waals surface area contributed by atoms with E-state index in [0.717, 1.165) is 0 Å². The smallest absolute Gasteiger partial charge is 0.302 e. The van der Waals surface area contributed by atoms with Gasteiger partial charge in [-0.15, -0.1) is 0 Å². The van der Waals surface area contributed by atoms with Crippen molar-refractivity contribution >= 4 is 46.7 Å². The number of carbonyl (C=O) groups excluding carboxylic acids is 1. The molecule has 1 aliphatic heterocycles. The van der Waals surface area contributed by atoms with Gasteiger partial charge in [-0.05, 0) is 0 Å². The van der Waals surface area contributed by atoms with Gasteiger partial charge in [0.2, 0.25) is 12.2 Å². The lowest BCUT2D eigenvalue weighted by Gasteiger charge is -2.30. The van der Waals surface area contributed by atoms with E-state index in [-0.39, 0.29) is 12.1 Å². The highest BCUT2D eigenvalue weighted by atomic mass is 35.6. The molecule has 0 bridgehead atoms. The van der Waals surface area contributed by atoms with E-state index in [1.54, 1.807) is 0 Å². The Kier molecular flexibility index (Phi) is 5.31. The fraction of sp³-hybridized carbons (Fsp3) is 0.778. The topological polar surface area (TPSA) is 68.6 Å². The van der Waals surface area contributed by atoms with Gasteiger partial charge >= 0.3 is 5.97 Å². The number of alkyl halides is 3. The molecule has 1 fully saturated rings. The molecule has 0 aromatic heterocycles. The fourth-order valence-corrected chi connectivity index (χ4v) is 1.49. The first-order chi connectivity index (χ1) is 7.79. The van der Waals surface area contributed by atoms with E-state index in [9.17, 15) is 4.79 Å². The molecule has 1 N–H and O–H groups in total. The Morgan fingerprint density at radius 1 is 1.41 bits per heavy atom. The van der Waals surface area contributed by atoms with Crippen molar-refractivity contribution in [3.8, 4) is 0 Å². The van der Waals surface area contributed by atoms with E-state index in [1.807, 2.05) is 0 Å². The van der Waals surface area contributed by atoms with Crippen LogP contribution in [0.1, 0.15) is 19.8 Å². The molecular weight excluding hydrogens is 292 g/mol. The molecule has 1 aliphatic rings. The van der Waals surface area contributed by atoms with Crippen LogP contribution in [0.2, 0.25) is 0 Å². The summed E-state index contributed by atoms with van der Waals surface area (Å²) in [6, 6.07) is 0. The van der Waals surface area contributed by atoms with Crippen LogP contribution < -0.4 is 0 Å². The maximum Gasteiger partial charge on any atom is 0.302 e. The summed E-state index contributed by atoms with van der Waals surface area (Å²) in [6.45, 7) is 1.68. The van der Waals surface area contributed by atoms with Crippen LogP contribution in [0.15, 0.2) is 0 Å². The number of nitrogens with one attached hydrogen (secondary N) is 1. The molecule has 0 saturated carbocycles. The standard InChI is InChI=1S/C9H12Cl3NO4/c1-5(14)16-6-2-3-15-7(4-6)17-8(13)9(10,11)12/h6-7,13H,2-4H2,1H3/t6?,7-/m0/s1. The lowest BCUT2D eigenvalue weighted by molar-refractivity contribution is -0.171. The van der Waals surface area contributed by atoms with Crippen LogP contribution in [0.5, 0.6) is 0 Å². The van der Waals surface area contributed by atoms with Gasteiger partial charge in [0.1, 0.15) is 6.10 Å². The van der Waals surface area contributed by atoms with Gasteiger partial charge in [-0.25, -0.2) is 0 Å². The first kappa shape index (κ1) is 14.8. The largest absolute Gasteiger partial charge is 0.462 e. The number of ether oxygens (including phenoxy) is 3. The van der Waals surface area contributed by atoms with Gasteiger partial charge in [0, 0.05) is 19.8 Å². The maximum absolute atomic E-state index is 10.8. The molecule has 1 saturated heterocycles. The normalized spacial score (nSPS) is 25.2. The molecule has 0 radical (unpaired) electrons. The third-order valence-electron chi connectivity index (χ3n) is 2.04. The van der Waals surface area contributed by atoms with Gasteiger partial charge in [0.25, 0.3) is 3.79 Å². The second-order valence-electron chi connectivity index (χ2n) is 3.50. The van der Waals surface area contributed by atoms with E-state index < -0.39 is 16.0 Å². The lowest BCUT2D eigenvalue weighted by Crippen LogP contribution is -2.37. The number of esters is 1. The molecule has 1 rings (SSSR count). The summed E-state index contributed by atoms with van der Waals surface area (Å²) in [5.41, 5.74) is 0. The summed E-state index contributed by atoms with van der Waals surface area (Å²) in [6.07, 6.45) is -0.144. The molecule has 5 nitrogen and oxygen atoms in total. The number of hydrogen-bond donors (Lipinski definition) is 1. The second-order valence-corrected chi connectivity index (χ2v) is 5.78. The van der Waals surface area contributed by atoms with Gasteiger partial charge < -0.3 is 14.2 Å². The number of halogens is 3. The van der Waals surface area contributed by atoms with Crippen LogP contribution in [0.25, 0.3) is 0 Å². The minimum absolute atomic E-state index is 0.297. The summed E-state index contributed by atoms with van der Waals surface area (Å²) in [7, 11) is 0. The van der Waals surface area contributed by atoms with Crippen LogP contribution in [0, 0.1) is 5.41 Å². The monoisotopic (exact) mass is 303 g/mol. The van der Waals surface area contributed by atoms with Crippen molar-refractivity contribution in [1.82, 2.24) is 0 Å². The minimum Gasteiger partial charge on any atom is -0.462 e. The minimum atomic E-state index is -1.92. The molecule has 0 aliphatic carbocycles. The molecule has 0 amide bonds. The van der Waals surface area contributed by atoms with Crippen molar-refractivity contribution < 1.29 is 19.0 Å². The Labute approximate surface area is 114 Å². The highest BCUT2D eigenvalue weighted by Gasteiger charge is 2.33. The zero-order valence-corrected chi connectivity index (χ0v) is 11.3. The molecule has 1 heterocycles. The highest BCUT2D eigenvalue weighted by Crippen LogP contribution is 2.29. The van der Waals surface area contributed by atoms with E-state index >= 15 is 0 Å². The predicted molar refractivity (Wildman–Crippen MR) is 63.6 cm³/mol. The SMILES string of the molecule is CC(=O)OC1CCO[C@@H](OC(=N)C(Cl)(Cl)Cl)C1. The van der Waals surface area contributed by atoms with E-state index in [2.05, 4.69) is 0 Å². The average molecular weight is 305 g/mol. The van der Waals surface area contributed by atoms with Crippen LogP contribution >= 0.6 is 34.8 Å². The lowest BCUT2D eigenvalue weighted by atomic mass is 10.1. The van der Waals surface area contributed by atoms with Gasteiger partial charge in [-0.1, -0.05) is 34.8 Å². The van der Waals surface area contributed by atoms with Crippen LogP contribution in [-0.2, 0) is 19.0 Å². The number of hydrogen-bond acceptors (Lipinski definition) is 5. The highest BCUT2D eigenvalue weighted by molar-refractivity contribution is 6.76. The van der Waals surface area contributed by atoms with Crippen molar-refractivity contribution in [2.75, 3.05) is 6.61 Å². The van der Waals surface area contributed by atoms with Gasteiger partial charge in [-0.3, -0.25) is 10.2 Å². The van der Waals surface area contributed by atoms with Gasteiger partial charge in [-0.2, -0.15) is 0 Å². The summed E-state index contributed by atoms with van der Waals surface area (Å²) in [5, 5.41) is 7.38. The van der Waals surface area contributed by atoms with Crippen molar-refractivity contribution in [3.05, 3.63) is 0 Å². The molecule has 98 valence electrons. The Hall–Kier alpha value is -0.230. The Morgan fingerprint density at radius 2 is 2.06 bits per heavy atom. The van der Waals surface area contributed by atoms with Crippen molar-refractivity contribution in [2.24, 2.45) is 0 Å².